The Morgan fingerprint density at radius 3 is 2.14 bits per heavy atom. The number of hydrogen-bond donors (Lipinski definition) is 1. The highest BCUT2D eigenvalue weighted by molar-refractivity contribution is 6.07. The molecule has 0 amide bonds. The van der Waals surface area contributed by atoms with Gasteiger partial charge in [0.15, 0.2) is 17.3 Å². The van der Waals surface area contributed by atoms with Gasteiger partial charge in [-0.25, -0.2) is 0 Å². The zero-order chi connectivity index (χ0) is 21.8. The summed E-state index contributed by atoms with van der Waals surface area (Å²) in [5.74, 6) is -1.73. The van der Waals surface area contributed by atoms with E-state index >= 15 is 0 Å². The second-order valence-electron chi connectivity index (χ2n) is 5.74. The number of phenols is 1. The molecule has 0 aliphatic heterocycles. The molecule has 0 unspecified atom stereocenters. The highest BCUT2D eigenvalue weighted by Crippen LogP contribution is 2.45. The third-order valence-corrected chi connectivity index (χ3v) is 3.79. The minimum Gasteiger partial charge on any atom is -0.507 e. The molecule has 0 atom stereocenters. The Kier molecular flexibility index (Phi) is 6.53. The summed E-state index contributed by atoms with van der Waals surface area (Å²) in [6, 6.07) is 4.86. The van der Waals surface area contributed by atoms with Crippen molar-refractivity contribution in [2.24, 2.45) is 0 Å². The molecular weight excluding hydrogens is 393 g/mol. The molecule has 9 heteroatoms. The number of halogens is 3. The van der Waals surface area contributed by atoms with E-state index in [0.29, 0.717) is 0 Å². The normalized spacial score (nSPS) is 11.4. The molecule has 0 aromatic heterocycles. The van der Waals surface area contributed by atoms with Crippen LogP contribution >= 0.6 is 0 Å². The van der Waals surface area contributed by atoms with Gasteiger partial charge in [-0.1, -0.05) is 12.1 Å². The summed E-state index contributed by atoms with van der Waals surface area (Å²) < 4.78 is 53.2. The van der Waals surface area contributed by atoms with Gasteiger partial charge >= 0.3 is 12.1 Å². The van der Waals surface area contributed by atoms with Gasteiger partial charge in [0.05, 0.1) is 25.3 Å². The van der Waals surface area contributed by atoms with Crippen LogP contribution < -0.4 is 14.2 Å². The van der Waals surface area contributed by atoms with Gasteiger partial charge in [0.25, 0.3) is 0 Å². The first kappa shape index (κ1) is 21.8. The summed E-state index contributed by atoms with van der Waals surface area (Å²) in [5, 5.41) is 10.2. The standard InChI is InChI=1S/C20H17F3O6/c1-11(24)29-19-17(27-2)10-16(26)14(18(19)28-3)8-9-15(25)12-4-6-13(7-5-12)20(21,22)23/h4-10,26H,1-3H3. The van der Waals surface area contributed by atoms with Crippen LogP contribution in [0.4, 0.5) is 13.2 Å². The molecular formula is C20H17F3O6. The fourth-order valence-corrected chi connectivity index (χ4v) is 2.45. The molecule has 2 rings (SSSR count). The van der Waals surface area contributed by atoms with E-state index in [4.69, 9.17) is 14.2 Å². The van der Waals surface area contributed by atoms with Gasteiger partial charge in [0, 0.05) is 18.6 Å². The molecule has 29 heavy (non-hydrogen) atoms. The lowest BCUT2D eigenvalue weighted by molar-refractivity contribution is -0.137. The van der Waals surface area contributed by atoms with E-state index in [2.05, 4.69) is 0 Å². The molecule has 6 nitrogen and oxygen atoms in total. The Balaban J connectivity index is 2.40. The molecule has 0 radical (unpaired) electrons. The first-order valence-corrected chi connectivity index (χ1v) is 8.14. The molecule has 0 heterocycles. The van der Waals surface area contributed by atoms with Crippen molar-refractivity contribution in [3.63, 3.8) is 0 Å². The number of alkyl halides is 3. The van der Waals surface area contributed by atoms with Gasteiger partial charge in [-0.3, -0.25) is 9.59 Å². The van der Waals surface area contributed by atoms with Crippen LogP contribution in [0.2, 0.25) is 0 Å². The van der Waals surface area contributed by atoms with E-state index in [1.54, 1.807) is 0 Å². The molecule has 1 N–H and O–H groups in total. The summed E-state index contributed by atoms with van der Waals surface area (Å²) in [6.45, 7) is 1.16. The van der Waals surface area contributed by atoms with Gasteiger partial charge in [-0.2, -0.15) is 13.2 Å². The molecule has 0 aliphatic rings. The Morgan fingerprint density at radius 2 is 1.66 bits per heavy atom. The Labute approximate surface area is 164 Å². The van der Waals surface area contributed by atoms with Crippen LogP contribution in [0, 0.1) is 0 Å². The first-order valence-electron chi connectivity index (χ1n) is 8.14. The fraction of sp³-hybridized carbons (Fsp3) is 0.200. The molecule has 0 fully saturated rings. The number of ether oxygens (including phenoxy) is 3. The summed E-state index contributed by atoms with van der Waals surface area (Å²) >= 11 is 0. The topological polar surface area (TPSA) is 82.1 Å². The Morgan fingerprint density at radius 1 is 1.03 bits per heavy atom. The zero-order valence-corrected chi connectivity index (χ0v) is 15.7. The second kappa shape index (κ2) is 8.68. The number of rotatable bonds is 6. The maximum atomic E-state index is 12.6. The summed E-state index contributed by atoms with van der Waals surface area (Å²) in [5.41, 5.74) is -0.843. The number of ketones is 1. The van der Waals surface area contributed by atoms with Crippen molar-refractivity contribution in [1.82, 2.24) is 0 Å². The highest BCUT2D eigenvalue weighted by Gasteiger charge is 2.30. The van der Waals surface area contributed by atoms with Crippen molar-refractivity contribution in [1.29, 1.82) is 0 Å². The van der Waals surface area contributed by atoms with E-state index in [-0.39, 0.29) is 34.1 Å². The molecule has 2 aromatic rings. The molecule has 0 aliphatic carbocycles. The van der Waals surface area contributed by atoms with Gasteiger partial charge in [-0.05, 0) is 24.3 Å². The van der Waals surface area contributed by atoms with Crippen LogP contribution in [0.25, 0.3) is 6.08 Å². The number of benzene rings is 2. The average Bonchev–Trinajstić information content (AvgIpc) is 2.66. The monoisotopic (exact) mass is 410 g/mol. The van der Waals surface area contributed by atoms with Crippen LogP contribution in [0.1, 0.15) is 28.4 Å². The fourth-order valence-electron chi connectivity index (χ4n) is 2.45. The van der Waals surface area contributed by atoms with Crippen LogP contribution in [0.15, 0.2) is 36.4 Å². The predicted octanol–water partition coefficient (Wildman–Crippen LogP) is 4.25. The maximum Gasteiger partial charge on any atom is 0.416 e. The van der Waals surface area contributed by atoms with Crippen LogP contribution in [-0.2, 0) is 11.0 Å². The third-order valence-electron chi connectivity index (χ3n) is 3.79. The third kappa shape index (κ3) is 5.07. The lowest BCUT2D eigenvalue weighted by Gasteiger charge is -2.15. The van der Waals surface area contributed by atoms with Crippen LogP contribution in [0.3, 0.4) is 0 Å². The molecule has 0 spiro atoms. The van der Waals surface area contributed by atoms with Crippen molar-refractivity contribution in [2.45, 2.75) is 13.1 Å². The molecule has 154 valence electrons. The molecule has 0 saturated heterocycles. The number of phenolic OH excluding ortho intramolecular Hbond substituents is 1. The van der Waals surface area contributed by atoms with Gasteiger partial charge in [-0.15, -0.1) is 0 Å². The van der Waals surface area contributed by atoms with Gasteiger partial charge in [0.2, 0.25) is 5.75 Å². The summed E-state index contributed by atoms with van der Waals surface area (Å²) in [4.78, 5) is 23.6. The first-order chi connectivity index (χ1) is 13.6. The van der Waals surface area contributed by atoms with Crippen LogP contribution in [0.5, 0.6) is 23.0 Å². The number of aromatic hydroxyl groups is 1. The minimum atomic E-state index is -4.51. The second-order valence-corrected chi connectivity index (χ2v) is 5.74. The number of carbonyl (C=O) groups is 2. The summed E-state index contributed by atoms with van der Waals surface area (Å²) in [7, 11) is 2.56. The molecule has 0 bridgehead atoms. The maximum absolute atomic E-state index is 12.6. The van der Waals surface area contributed by atoms with Crippen molar-refractivity contribution in [2.75, 3.05) is 14.2 Å². The molecule has 2 aromatic carbocycles. The van der Waals surface area contributed by atoms with Gasteiger partial charge in [0.1, 0.15) is 5.75 Å². The van der Waals surface area contributed by atoms with E-state index in [1.807, 2.05) is 0 Å². The molecule has 0 saturated carbocycles. The van der Waals surface area contributed by atoms with E-state index in [1.165, 1.54) is 26.4 Å². The average molecular weight is 410 g/mol. The lowest BCUT2D eigenvalue weighted by atomic mass is 10.1. The van der Waals surface area contributed by atoms with E-state index in [0.717, 1.165) is 37.3 Å². The SMILES string of the molecule is COc1cc(O)c(C=CC(=O)c2ccc(C(F)(F)F)cc2)c(OC)c1OC(C)=O. The van der Waals surface area contributed by atoms with Crippen LogP contribution in [-0.4, -0.2) is 31.1 Å². The lowest BCUT2D eigenvalue weighted by Crippen LogP contribution is -2.06. The minimum absolute atomic E-state index is 0.0152. The van der Waals surface area contributed by atoms with Crippen molar-refractivity contribution in [3.8, 4) is 23.0 Å². The highest BCUT2D eigenvalue weighted by atomic mass is 19.4. The number of esters is 1. The van der Waals surface area contributed by atoms with E-state index < -0.39 is 23.5 Å². The largest absolute Gasteiger partial charge is 0.507 e. The number of hydrogen-bond acceptors (Lipinski definition) is 6. The van der Waals surface area contributed by atoms with E-state index in [9.17, 15) is 27.9 Å². The quantitative estimate of drug-likeness (QED) is 0.332. The number of carbonyl (C=O) groups excluding carboxylic acids is 2. The predicted molar refractivity (Wildman–Crippen MR) is 97.3 cm³/mol. The Bertz CT molecular complexity index is 946. The van der Waals surface area contributed by atoms with Crippen molar-refractivity contribution >= 4 is 17.8 Å². The van der Waals surface area contributed by atoms with Crippen molar-refractivity contribution in [3.05, 3.63) is 53.1 Å². The smallest absolute Gasteiger partial charge is 0.416 e. The van der Waals surface area contributed by atoms with Crippen molar-refractivity contribution < 1.29 is 42.1 Å². The zero-order valence-electron chi connectivity index (χ0n) is 15.7. The summed E-state index contributed by atoms with van der Waals surface area (Å²) in [6.07, 6.45) is -2.27. The number of methoxy groups -OCH3 is 2. The van der Waals surface area contributed by atoms with Gasteiger partial charge < -0.3 is 19.3 Å². The Hall–Kier alpha value is -3.49. The number of allylic oxidation sites excluding steroid dienone is 1.